The highest BCUT2D eigenvalue weighted by atomic mass is 32.2. The second-order valence-corrected chi connectivity index (χ2v) is 7.77. The van der Waals surface area contributed by atoms with Crippen LogP contribution in [0.15, 0.2) is 16.3 Å². The van der Waals surface area contributed by atoms with Crippen LogP contribution in [0.1, 0.15) is 31.1 Å². The summed E-state index contributed by atoms with van der Waals surface area (Å²) in [4.78, 5) is 0.894. The van der Waals surface area contributed by atoms with E-state index < -0.39 is 10.0 Å². The lowest BCUT2D eigenvalue weighted by Gasteiger charge is -2.11. The van der Waals surface area contributed by atoms with Crippen molar-refractivity contribution in [2.24, 2.45) is 11.7 Å². The van der Waals surface area contributed by atoms with Gasteiger partial charge in [-0.25, -0.2) is 13.1 Å². The lowest BCUT2D eigenvalue weighted by atomic mass is 10.1. The van der Waals surface area contributed by atoms with Gasteiger partial charge in [-0.05, 0) is 37.3 Å². The lowest BCUT2D eigenvalue weighted by Crippen LogP contribution is -2.32. The third-order valence-corrected chi connectivity index (χ3v) is 6.24. The van der Waals surface area contributed by atoms with Gasteiger partial charge in [-0.2, -0.15) is 0 Å². The summed E-state index contributed by atoms with van der Waals surface area (Å²) in [5, 5.41) is 0. The summed E-state index contributed by atoms with van der Waals surface area (Å²) in [6.45, 7) is 2.55. The van der Waals surface area contributed by atoms with Crippen LogP contribution < -0.4 is 10.5 Å². The maximum Gasteiger partial charge on any atom is 0.250 e. The van der Waals surface area contributed by atoms with Gasteiger partial charge in [0.2, 0.25) is 10.0 Å². The number of nitrogens with two attached hydrogens (primary N) is 1. The van der Waals surface area contributed by atoms with Gasteiger partial charge in [0, 0.05) is 17.5 Å². The fraction of sp³-hybridized carbons (Fsp3) is 0.636. The minimum absolute atomic E-state index is 0.0958. The Morgan fingerprint density at radius 2 is 2.24 bits per heavy atom. The van der Waals surface area contributed by atoms with Gasteiger partial charge in [-0.1, -0.05) is 6.92 Å². The van der Waals surface area contributed by atoms with E-state index in [1.165, 1.54) is 11.3 Å². The Morgan fingerprint density at radius 3 is 2.76 bits per heavy atom. The van der Waals surface area contributed by atoms with E-state index in [0.29, 0.717) is 16.7 Å². The number of sulfonamides is 1. The van der Waals surface area contributed by atoms with Gasteiger partial charge >= 0.3 is 0 Å². The second kappa shape index (κ2) is 5.06. The second-order valence-electron chi connectivity index (χ2n) is 4.66. The SMILES string of the molecule is CC1CCC(NS(=O)(=O)c2ccc(CN)s2)C1. The molecule has 0 aromatic carbocycles. The fourth-order valence-electron chi connectivity index (χ4n) is 2.20. The molecule has 2 atom stereocenters. The zero-order valence-corrected chi connectivity index (χ0v) is 11.5. The molecule has 0 amide bonds. The van der Waals surface area contributed by atoms with Crippen molar-refractivity contribution in [2.75, 3.05) is 0 Å². The molecule has 1 aromatic rings. The molecule has 1 saturated carbocycles. The maximum atomic E-state index is 12.1. The van der Waals surface area contributed by atoms with Crippen molar-refractivity contribution in [2.45, 2.75) is 43.0 Å². The molecule has 1 aromatic heterocycles. The Bertz CT molecular complexity index is 481. The van der Waals surface area contributed by atoms with E-state index in [0.717, 1.165) is 24.1 Å². The molecule has 96 valence electrons. The normalized spacial score (nSPS) is 25.3. The van der Waals surface area contributed by atoms with E-state index in [4.69, 9.17) is 5.73 Å². The molecule has 0 radical (unpaired) electrons. The molecule has 0 bridgehead atoms. The summed E-state index contributed by atoms with van der Waals surface area (Å²) in [6, 6.07) is 3.50. The first-order chi connectivity index (χ1) is 8.01. The van der Waals surface area contributed by atoms with Crippen molar-refractivity contribution >= 4 is 21.4 Å². The van der Waals surface area contributed by atoms with Crippen LogP contribution in [0.2, 0.25) is 0 Å². The summed E-state index contributed by atoms with van der Waals surface area (Å²) in [7, 11) is -3.34. The monoisotopic (exact) mass is 274 g/mol. The smallest absolute Gasteiger partial charge is 0.250 e. The minimum Gasteiger partial charge on any atom is -0.326 e. The van der Waals surface area contributed by atoms with Crippen LogP contribution in [-0.2, 0) is 16.6 Å². The molecular weight excluding hydrogens is 256 g/mol. The molecule has 0 aliphatic heterocycles. The average Bonchev–Trinajstić information content (AvgIpc) is 2.86. The summed E-state index contributed by atoms with van der Waals surface area (Å²) in [6.07, 6.45) is 2.98. The third kappa shape index (κ3) is 3.07. The molecular formula is C11H18N2O2S2. The minimum atomic E-state index is -3.34. The molecule has 2 unspecified atom stereocenters. The van der Waals surface area contributed by atoms with Crippen molar-refractivity contribution in [3.05, 3.63) is 17.0 Å². The highest BCUT2D eigenvalue weighted by Gasteiger charge is 2.27. The molecule has 1 aliphatic rings. The zero-order chi connectivity index (χ0) is 12.5. The lowest BCUT2D eigenvalue weighted by molar-refractivity contribution is 0.540. The molecule has 1 fully saturated rings. The molecule has 1 aliphatic carbocycles. The molecule has 2 rings (SSSR count). The van der Waals surface area contributed by atoms with E-state index >= 15 is 0 Å². The average molecular weight is 274 g/mol. The molecule has 1 heterocycles. The quantitative estimate of drug-likeness (QED) is 0.877. The van der Waals surface area contributed by atoms with Crippen molar-refractivity contribution in [1.82, 2.24) is 4.72 Å². The van der Waals surface area contributed by atoms with E-state index in [1.807, 2.05) is 0 Å². The molecule has 0 saturated heterocycles. The topological polar surface area (TPSA) is 72.2 Å². The van der Waals surface area contributed by atoms with Gasteiger partial charge in [0.05, 0.1) is 0 Å². The molecule has 6 heteroatoms. The first-order valence-electron chi connectivity index (χ1n) is 5.82. The van der Waals surface area contributed by atoms with Crippen molar-refractivity contribution < 1.29 is 8.42 Å². The van der Waals surface area contributed by atoms with Crippen molar-refractivity contribution in [3.63, 3.8) is 0 Å². The summed E-state index contributed by atoms with van der Waals surface area (Å²) in [5.74, 6) is 0.616. The van der Waals surface area contributed by atoms with Gasteiger partial charge in [0.1, 0.15) is 4.21 Å². The van der Waals surface area contributed by atoms with Crippen LogP contribution in [0, 0.1) is 5.92 Å². The summed E-state index contributed by atoms with van der Waals surface area (Å²) >= 11 is 1.25. The summed E-state index contributed by atoms with van der Waals surface area (Å²) in [5.41, 5.74) is 5.48. The molecule has 17 heavy (non-hydrogen) atoms. The third-order valence-electron chi connectivity index (χ3n) is 3.12. The van der Waals surface area contributed by atoms with Crippen LogP contribution in [0.4, 0.5) is 0 Å². The number of rotatable bonds is 4. The number of hydrogen-bond acceptors (Lipinski definition) is 4. The predicted molar refractivity (Wildman–Crippen MR) is 69.3 cm³/mol. The van der Waals surface area contributed by atoms with Gasteiger partial charge in [-0.15, -0.1) is 11.3 Å². The van der Waals surface area contributed by atoms with Gasteiger partial charge in [-0.3, -0.25) is 0 Å². The Hall–Kier alpha value is -0.430. The van der Waals surface area contributed by atoms with Gasteiger partial charge in [0.25, 0.3) is 0 Å². The highest BCUT2D eigenvalue weighted by molar-refractivity contribution is 7.91. The molecule has 4 nitrogen and oxygen atoms in total. The number of thiophene rings is 1. The van der Waals surface area contributed by atoms with Gasteiger partial charge in [0.15, 0.2) is 0 Å². The van der Waals surface area contributed by atoms with Crippen LogP contribution in [0.25, 0.3) is 0 Å². The first-order valence-corrected chi connectivity index (χ1v) is 8.12. The van der Waals surface area contributed by atoms with E-state index in [9.17, 15) is 8.42 Å². The number of hydrogen-bond donors (Lipinski definition) is 2. The number of nitrogens with one attached hydrogen (secondary N) is 1. The van der Waals surface area contributed by atoms with Crippen LogP contribution in [0.3, 0.4) is 0 Å². The summed E-state index contributed by atoms with van der Waals surface area (Å²) < 4.78 is 27.3. The van der Waals surface area contributed by atoms with Gasteiger partial charge < -0.3 is 5.73 Å². The Labute approximate surface area is 106 Å². The van der Waals surface area contributed by atoms with Crippen molar-refractivity contribution in [1.29, 1.82) is 0 Å². The Kier molecular flexibility index (Phi) is 3.87. The maximum absolute atomic E-state index is 12.1. The van der Waals surface area contributed by atoms with E-state index in [1.54, 1.807) is 12.1 Å². The zero-order valence-electron chi connectivity index (χ0n) is 9.85. The van der Waals surface area contributed by atoms with E-state index in [2.05, 4.69) is 11.6 Å². The predicted octanol–water partition coefficient (Wildman–Crippen LogP) is 1.67. The fourth-order valence-corrected chi connectivity index (χ4v) is 4.74. The molecule has 0 spiro atoms. The standard InChI is InChI=1S/C11H18N2O2S2/c1-8-2-3-9(6-8)13-17(14,15)11-5-4-10(7-12)16-11/h4-5,8-9,13H,2-3,6-7,12H2,1H3. The van der Waals surface area contributed by atoms with Crippen LogP contribution in [-0.4, -0.2) is 14.5 Å². The van der Waals surface area contributed by atoms with Crippen LogP contribution in [0.5, 0.6) is 0 Å². The van der Waals surface area contributed by atoms with Crippen molar-refractivity contribution in [3.8, 4) is 0 Å². The Morgan fingerprint density at radius 1 is 1.47 bits per heavy atom. The van der Waals surface area contributed by atoms with E-state index in [-0.39, 0.29) is 6.04 Å². The first kappa shape index (κ1) is 13.0. The highest BCUT2D eigenvalue weighted by Crippen LogP contribution is 2.27. The van der Waals surface area contributed by atoms with Crippen LogP contribution >= 0.6 is 11.3 Å². The molecule has 3 N–H and O–H groups in total. The largest absolute Gasteiger partial charge is 0.326 e. The Balaban J connectivity index is 2.08.